The number of benzene rings is 3. The molecule has 3 aromatic carbocycles. The van der Waals surface area contributed by atoms with E-state index in [-0.39, 0.29) is 11.7 Å². The Kier molecular flexibility index (Phi) is 6.79. The molecule has 0 saturated carbocycles. The quantitative estimate of drug-likeness (QED) is 0.624. The molecule has 0 spiro atoms. The fourth-order valence-electron chi connectivity index (χ4n) is 3.70. The van der Waals surface area contributed by atoms with Gasteiger partial charge in [0.25, 0.3) is 5.91 Å². The number of amides is 1. The number of carbonyl (C=O) groups excluding carboxylic acids is 1. The van der Waals surface area contributed by atoms with Crippen molar-refractivity contribution in [2.75, 3.05) is 44.2 Å². The van der Waals surface area contributed by atoms with Gasteiger partial charge in [0.15, 0.2) is 0 Å². The fourth-order valence-corrected chi connectivity index (χ4v) is 3.70. The lowest BCUT2D eigenvalue weighted by molar-refractivity contribution is 0.0945. The molecule has 31 heavy (non-hydrogen) atoms. The summed E-state index contributed by atoms with van der Waals surface area (Å²) in [5.41, 5.74) is 1.17. The number of hydrogen-bond donors (Lipinski definition) is 1. The van der Waals surface area contributed by atoms with Crippen molar-refractivity contribution in [3.63, 3.8) is 0 Å². The van der Waals surface area contributed by atoms with E-state index in [4.69, 9.17) is 4.74 Å². The van der Waals surface area contributed by atoms with Crippen LogP contribution in [-0.2, 0) is 0 Å². The van der Waals surface area contributed by atoms with Gasteiger partial charge in [0.1, 0.15) is 17.3 Å². The molecule has 4 rings (SSSR count). The van der Waals surface area contributed by atoms with Crippen LogP contribution in [0.3, 0.4) is 0 Å². The van der Waals surface area contributed by atoms with E-state index >= 15 is 0 Å². The van der Waals surface area contributed by atoms with E-state index in [1.165, 1.54) is 6.07 Å². The Morgan fingerprint density at radius 2 is 1.55 bits per heavy atom. The van der Waals surface area contributed by atoms with Gasteiger partial charge in [-0.1, -0.05) is 42.5 Å². The number of piperazine rings is 1. The summed E-state index contributed by atoms with van der Waals surface area (Å²) in [5.74, 6) is 0.885. The maximum atomic E-state index is 14.0. The third-order valence-electron chi connectivity index (χ3n) is 5.38. The topological polar surface area (TPSA) is 44.8 Å². The number of nitrogens with zero attached hydrogens (tertiary/aromatic N) is 2. The van der Waals surface area contributed by atoms with Gasteiger partial charge in [-0.05, 0) is 36.4 Å². The van der Waals surface area contributed by atoms with Gasteiger partial charge in [0, 0.05) is 39.3 Å². The Labute approximate surface area is 182 Å². The van der Waals surface area contributed by atoms with Crippen molar-refractivity contribution in [3.05, 3.63) is 90.2 Å². The minimum absolute atomic E-state index is 0.156. The normalized spacial score (nSPS) is 14.3. The Morgan fingerprint density at radius 3 is 2.32 bits per heavy atom. The summed E-state index contributed by atoms with van der Waals surface area (Å²) in [6, 6.07) is 23.5. The number of ether oxygens (including phenoxy) is 1. The molecule has 1 aliphatic heterocycles. The van der Waals surface area contributed by atoms with Gasteiger partial charge >= 0.3 is 0 Å². The van der Waals surface area contributed by atoms with Crippen LogP contribution in [0.15, 0.2) is 78.9 Å². The highest BCUT2D eigenvalue weighted by molar-refractivity contribution is 5.97. The molecule has 0 unspecified atom stereocenters. The minimum Gasteiger partial charge on any atom is -0.457 e. The largest absolute Gasteiger partial charge is 0.457 e. The molecule has 1 fully saturated rings. The van der Waals surface area contributed by atoms with Gasteiger partial charge in [0.2, 0.25) is 0 Å². The number of halogens is 1. The summed E-state index contributed by atoms with van der Waals surface area (Å²) < 4.78 is 19.9. The lowest BCUT2D eigenvalue weighted by atomic mass is 10.2. The molecule has 1 amide bonds. The van der Waals surface area contributed by atoms with E-state index in [2.05, 4.69) is 15.1 Å². The highest BCUT2D eigenvalue weighted by Gasteiger charge is 2.19. The molecular weight excluding hydrogens is 393 g/mol. The monoisotopic (exact) mass is 419 g/mol. The average Bonchev–Trinajstić information content (AvgIpc) is 2.81. The van der Waals surface area contributed by atoms with Crippen molar-refractivity contribution in [2.45, 2.75) is 0 Å². The van der Waals surface area contributed by atoms with Crippen LogP contribution < -0.4 is 15.0 Å². The highest BCUT2D eigenvalue weighted by atomic mass is 19.1. The SMILES string of the molecule is O=C(NCCN1CCN(c2ccccc2F)CC1)c1ccccc1Oc1ccccc1. The smallest absolute Gasteiger partial charge is 0.255 e. The number of carbonyl (C=O) groups is 1. The number of para-hydroxylation sites is 3. The highest BCUT2D eigenvalue weighted by Crippen LogP contribution is 2.25. The maximum Gasteiger partial charge on any atom is 0.255 e. The molecule has 160 valence electrons. The summed E-state index contributed by atoms with van der Waals surface area (Å²) >= 11 is 0. The third kappa shape index (κ3) is 5.41. The van der Waals surface area contributed by atoms with Crippen molar-refractivity contribution in [1.29, 1.82) is 0 Å². The molecule has 1 heterocycles. The van der Waals surface area contributed by atoms with Crippen molar-refractivity contribution >= 4 is 11.6 Å². The molecule has 6 heteroatoms. The van der Waals surface area contributed by atoms with Gasteiger partial charge < -0.3 is 15.0 Å². The first-order chi connectivity index (χ1) is 15.2. The molecular formula is C25H26FN3O2. The molecule has 1 aliphatic rings. The van der Waals surface area contributed by atoms with Gasteiger partial charge in [0.05, 0.1) is 11.3 Å². The zero-order valence-corrected chi connectivity index (χ0v) is 17.3. The van der Waals surface area contributed by atoms with E-state index in [1.54, 1.807) is 18.2 Å². The third-order valence-corrected chi connectivity index (χ3v) is 5.38. The van der Waals surface area contributed by atoms with Gasteiger partial charge in [-0.15, -0.1) is 0 Å². The van der Waals surface area contributed by atoms with Crippen LogP contribution in [0.5, 0.6) is 11.5 Å². The molecule has 1 N–H and O–H groups in total. The molecule has 0 aromatic heterocycles. The van der Waals surface area contributed by atoms with Gasteiger partial charge in [-0.2, -0.15) is 0 Å². The van der Waals surface area contributed by atoms with Crippen LogP contribution >= 0.6 is 0 Å². The second kappa shape index (κ2) is 10.1. The molecule has 5 nitrogen and oxygen atoms in total. The van der Waals surface area contributed by atoms with Crippen LogP contribution in [0, 0.1) is 5.82 Å². The van der Waals surface area contributed by atoms with Crippen molar-refractivity contribution in [2.24, 2.45) is 0 Å². The first-order valence-corrected chi connectivity index (χ1v) is 10.5. The van der Waals surface area contributed by atoms with Gasteiger partial charge in [-0.25, -0.2) is 4.39 Å². The predicted molar refractivity (Wildman–Crippen MR) is 120 cm³/mol. The Balaban J connectivity index is 1.26. The first kappa shape index (κ1) is 20.9. The van der Waals surface area contributed by atoms with Crippen LogP contribution in [0.4, 0.5) is 10.1 Å². The summed E-state index contributed by atoms with van der Waals surface area (Å²) in [6.45, 7) is 4.48. The second-order valence-corrected chi connectivity index (χ2v) is 7.45. The second-order valence-electron chi connectivity index (χ2n) is 7.45. The van der Waals surface area contributed by atoms with E-state index in [0.717, 1.165) is 32.7 Å². The molecule has 3 aromatic rings. The van der Waals surface area contributed by atoms with E-state index in [0.29, 0.717) is 29.3 Å². The molecule has 0 atom stereocenters. The van der Waals surface area contributed by atoms with Crippen molar-refractivity contribution in [1.82, 2.24) is 10.2 Å². The Hall–Kier alpha value is -3.38. The molecule has 0 bridgehead atoms. The molecule has 0 aliphatic carbocycles. The van der Waals surface area contributed by atoms with Crippen molar-refractivity contribution in [3.8, 4) is 11.5 Å². The van der Waals surface area contributed by atoms with E-state index in [9.17, 15) is 9.18 Å². The lowest BCUT2D eigenvalue weighted by Gasteiger charge is -2.36. The zero-order valence-electron chi connectivity index (χ0n) is 17.3. The summed E-state index contributed by atoms with van der Waals surface area (Å²) in [7, 11) is 0. The Bertz CT molecular complexity index is 1000. The number of anilines is 1. The van der Waals surface area contributed by atoms with Crippen LogP contribution in [0.25, 0.3) is 0 Å². The lowest BCUT2D eigenvalue weighted by Crippen LogP contribution is -2.48. The average molecular weight is 420 g/mol. The molecule has 1 saturated heterocycles. The van der Waals surface area contributed by atoms with Gasteiger partial charge in [-0.3, -0.25) is 9.69 Å². The van der Waals surface area contributed by atoms with Crippen LogP contribution in [0.2, 0.25) is 0 Å². The predicted octanol–water partition coefficient (Wildman–Crippen LogP) is 4.17. The Morgan fingerprint density at radius 1 is 0.871 bits per heavy atom. The molecule has 0 radical (unpaired) electrons. The van der Waals surface area contributed by atoms with Crippen molar-refractivity contribution < 1.29 is 13.9 Å². The van der Waals surface area contributed by atoms with E-state index in [1.807, 2.05) is 54.6 Å². The minimum atomic E-state index is -0.181. The van der Waals surface area contributed by atoms with Crippen LogP contribution in [-0.4, -0.2) is 50.1 Å². The van der Waals surface area contributed by atoms with Crippen LogP contribution in [0.1, 0.15) is 10.4 Å². The summed E-state index contributed by atoms with van der Waals surface area (Å²) in [4.78, 5) is 17.1. The first-order valence-electron chi connectivity index (χ1n) is 10.5. The van der Waals surface area contributed by atoms with E-state index < -0.39 is 0 Å². The zero-order chi connectivity index (χ0) is 21.5. The number of hydrogen-bond acceptors (Lipinski definition) is 4. The number of nitrogens with one attached hydrogen (secondary N) is 1. The maximum absolute atomic E-state index is 14.0. The fraction of sp³-hybridized carbons (Fsp3) is 0.240. The number of rotatable bonds is 7. The summed E-state index contributed by atoms with van der Waals surface area (Å²) in [6.07, 6.45) is 0. The summed E-state index contributed by atoms with van der Waals surface area (Å²) in [5, 5.41) is 2.99. The standard InChI is InChI=1S/C25H26FN3O2/c26-22-11-5-6-12-23(22)29-18-16-28(17-19-29)15-14-27-25(30)21-10-4-7-13-24(21)31-20-8-2-1-3-9-20/h1-13H,14-19H2,(H,27,30).